The van der Waals surface area contributed by atoms with E-state index in [-0.39, 0.29) is 17.4 Å². The van der Waals surface area contributed by atoms with E-state index in [0.717, 1.165) is 0 Å². The van der Waals surface area contributed by atoms with Gasteiger partial charge in [0.25, 0.3) is 0 Å². The second-order valence-corrected chi connectivity index (χ2v) is 4.44. The second kappa shape index (κ2) is 5.09. The zero-order valence-electron chi connectivity index (χ0n) is 10.9. The number of nitrogens with two attached hydrogens (primary N) is 1. The molecule has 0 atom stereocenters. The number of nitrogen functional groups attached to an aromatic ring is 1. The molecule has 3 rings (SSSR count). The van der Waals surface area contributed by atoms with Crippen molar-refractivity contribution in [1.29, 1.82) is 0 Å². The molecule has 1 aromatic heterocycles. The van der Waals surface area contributed by atoms with E-state index in [1.807, 2.05) is 0 Å². The van der Waals surface area contributed by atoms with E-state index in [1.165, 1.54) is 0 Å². The predicted molar refractivity (Wildman–Crippen MR) is 78.4 cm³/mol. The summed E-state index contributed by atoms with van der Waals surface area (Å²) in [5.74, 6) is 1.02. The molecule has 6 nitrogen and oxygen atoms in total. The van der Waals surface area contributed by atoms with Gasteiger partial charge in [-0.05, 0) is 24.3 Å². The third kappa shape index (κ3) is 2.74. The lowest BCUT2D eigenvalue weighted by Gasteiger charge is -2.06. The first kappa shape index (κ1) is 12.9. The Kier molecular flexibility index (Phi) is 3.12. The van der Waals surface area contributed by atoms with Gasteiger partial charge in [-0.3, -0.25) is 0 Å². The molecular weight excluding hydrogens is 268 g/mol. The fourth-order valence-corrected chi connectivity index (χ4v) is 1.94. The van der Waals surface area contributed by atoms with Gasteiger partial charge in [-0.1, -0.05) is 24.3 Å². The van der Waals surface area contributed by atoms with E-state index in [4.69, 9.17) is 5.73 Å². The quantitative estimate of drug-likeness (QED) is 0.664. The Bertz CT molecular complexity index is 741. The molecule has 0 aliphatic rings. The maximum Gasteiger partial charge on any atom is 0.224 e. The van der Waals surface area contributed by atoms with Crippen molar-refractivity contribution in [3.8, 4) is 34.3 Å². The number of phenolic OH excluding ortho intramolecular Hbond substituents is 2. The molecule has 1 heterocycles. The molecule has 0 amide bonds. The lowest BCUT2D eigenvalue weighted by atomic mass is 10.2. The van der Waals surface area contributed by atoms with Crippen molar-refractivity contribution in [1.82, 2.24) is 15.0 Å². The Morgan fingerprint density at radius 3 is 1.62 bits per heavy atom. The topological polar surface area (TPSA) is 105 Å². The van der Waals surface area contributed by atoms with Crippen LogP contribution in [0.3, 0.4) is 0 Å². The van der Waals surface area contributed by atoms with Crippen LogP contribution in [-0.2, 0) is 0 Å². The monoisotopic (exact) mass is 280 g/mol. The Morgan fingerprint density at radius 1 is 0.714 bits per heavy atom. The standard InChI is InChI=1S/C15H12N4O2/c16-15-18-13(9-3-1-5-11(20)7-9)17-14(19-15)10-4-2-6-12(21)8-10/h1-8,20-21H,(H2,16,17,18,19). The summed E-state index contributed by atoms with van der Waals surface area (Å²) in [7, 11) is 0. The Labute approximate surface area is 120 Å². The summed E-state index contributed by atoms with van der Waals surface area (Å²) in [6.45, 7) is 0. The zero-order chi connectivity index (χ0) is 14.8. The predicted octanol–water partition coefficient (Wildman–Crippen LogP) is 2.20. The van der Waals surface area contributed by atoms with Gasteiger partial charge >= 0.3 is 0 Å². The number of anilines is 1. The van der Waals surface area contributed by atoms with Crippen molar-refractivity contribution in [2.45, 2.75) is 0 Å². The number of rotatable bonds is 2. The van der Waals surface area contributed by atoms with E-state index >= 15 is 0 Å². The number of benzene rings is 2. The van der Waals surface area contributed by atoms with Crippen molar-refractivity contribution in [3.63, 3.8) is 0 Å². The first-order valence-electron chi connectivity index (χ1n) is 6.22. The van der Waals surface area contributed by atoms with Crippen molar-refractivity contribution < 1.29 is 10.2 Å². The van der Waals surface area contributed by atoms with Gasteiger partial charge in [-0.15, -0.1) is 0 Å². The molecule has 4 N–H and O–H groups in total. The average molecular weight is 280 g/mol. The van der Waals surface area contributed by atoms with Crippen molar-refractivity contribution >= 4 is 5.95 Å². The van der Waals surface area contributed by atoms with Gasteiger partial charge in [0.15, 0.2) is 11.6 Å². The highest BCUT2D eigenvalue weighted by Gasteiger charge is 2.09. The summed E-state index contributed by atoms with van der Waals surface area (Å²) < 4.78 is 0. The lowest BCUT2D eigenvalue weighted by Crippen LogP contribution is -2.02. The molecule has 104 valence electrons. The molecule has 0 aliphatic heterocycles. The Hall–Kier alpha value is -3.15. The molecule has 0 bridgehead atoms. The van der Waals surface area contributed by atoms with Crippen LogP contribution in [0.25, 0.3) is 22.8 Å². The molecule has 0 fully saturated rings. The zero-order valence-corrected chi connectivity index (χ0v) is 10.9. The van der Waals surface area contributed by atoms with E-state index in [9.17, 15) is 10.2 Å². The lowest BCUT2D eigenvalue weighted by molar-refractivity contribution is 0.475. The fourth-order valence-electron chi connectivity index (χ4n) is 1.94. The third-order valence-electron chi connectivity index (χ3n) is 2.86. The van der Waals surface area contributed by atoms with Crippen molar-refractivity contribution in [2.75, 3.05) is 5.73 Å². The molecule has 2 aromatic carbocycles. The highest BCUT2D eigenvalue weighted by molar-refractivity contribution is 5.64. The number of aromatic nitrogens is 3. The molecule has 21 heavy (non-hydrogen) atoms. The molecule has 0 aliphatic carbocycles. The molecule has 0 spiro atoms. The van der Waals surface area contributed by atoms with Gasteiger partial charge in [-0.25, -0.2) is 4.98 Å². The first-order chi connectivity index (χ1) is 10.1. The summed E-state index contributed by atoms with van der Waals surface area (Å²) in [4.78, 5) is 12.5. The van der Waals surface area contributed by atoms with Crippen LogP contribution < -0.4 is 5.73 Å². The van der Waals surface area contributed by atoms with E-state index in [2.05, 4.69) is 15.0 Å². The van der Waals surface area contributed by atoms with Gasteiger partial charge in [0.1, 0.15) is 11.5 Å². The first-order valence-corrected chi connectivity index (χ1v) is 6.22. The minimum atomic E-state index is 0.0710. The number of nitrogens with zero attached hydrogens (tertiary/aromatic N) is 3. The van der Waals surface area contributed by atoms with Gasteiger partial charge in [0.05, 0.1) is 0 Å². The molecule has 6 heteroatoms. The molecule has 0 saturated heterocycles. The van der Waals surface area contributed by atoms with Crippen LogP contribution in [0, 0.1) is 0 Å². The summed E-state index contributed by atoms with van der Waals surface area (Å²) in [6, 6.07) is 13.1. The maximum absolute atomic E-state index is 9.53. The maximum atomic E-state index is 9.53. The molecule has 0 radical (unpaired) electrons. The second-order valence-electron chi connectivity index (χ2n) is 4.44. The van der Waals surface area contributed by atoms with Crippen LogP contribution in [0.4, 0.5) is 5.95 Å². The summed E-state index contributed by atoms with van der Waals surface area (Å²) in [5, 5.41) is 19.1. The van der Waals surface area contributed by atoms with Gasteiger partial charge in [0, 0.05) is 11.1 Å². The van der Waals surface area contributed by atoms with Crippen LogP contribution in [0.2, 0.25) is 0 Å². The van der Waals surface area contributed by atoms with Gasteiger partial charge in [0.2, 0.25) is 5.95 Å². The van der Waals surface area contributed by atoms with Crippen LogP contribution in [0.15, 0.2) is 48.5 Å². The smallest absolute Gasteiger partial charge is 0.224 e. The molecule has 0 saturated carbocycles. The van der Waals surface area contributed by atoms with Gasteiger partial charge < -0.3 is 15.9 Å². The van der Waals surface area contributed by atoms with Crippen LogP contribution >= 0.6 is 0 Å². The van der Waals surface area contributed by atoms with E-state index < -0.39 is 0 Å². The molecular formula is C15H12N4O2. The van der Waals surface area contributed by atoms with E-state index in [0.29, 0.717) is 22.8 Å². The SMILES string of the molecule is Nc1nc(-c2cccc(O)c2)nc(-c2cccc(O)c2)n1. The normalized spacial score (nSPS) is 10.5. The number of hydrogen-bond acceptors (Lipinski definition) is 6. The number of aromatic hydroxyl groups is 2. The number of phenols is 2. The van der Waals surface area contributed by atoms with Crippen LogP contribution in [0.5, 0.6) is 11.5 Å². The van der Waals surface area contributed by atoms with Crippen molar-refractivity contribution in [3.05, 3.63) is 48.5 Å². The van der Waals surface area contributed by atoms with E-state index in [1.54, 1.807) is 48.5 Å². The van der Waals surface area contributed by atoms with Crippen LogP contribution in [-0.4, -0.2) is 25.2 Å². The van der Waals surface area contributed by atoms with Crippen molar-refractivity contribution in [2.24, 2.45) is 0 Å². The Morgan fingerprint density at radius 2 is 1.19 bits per heavy atom. The summed E-state index contributed by atoms with van der Waals surface area (Å²) >= 11 is 0. The fraction of sp³-hybridized carbons (Fsp3) is 0. The third-order valence-corrected chi connectivity index (χ3v) is 2.86. The molecule has 3 aromatic rings. The van der Waals surface area contributed by atoms with Crippen LogP contribution in [0.1, 0.15) is 0 Å². The minimum Gasteiger partial charge on any atom is -0.508 e. The number of hydrogen-bond donors (Lipinski definition) is 3. The average Bonchev–Trinajstić information content (AvgIpc) is 2.46. The summed E-state index contributed by atoms with van der Waals surface area (Å²) in [6.07, 6.45) is 0. The highest BCUT2D eigenvalue weighted by atomic mass is 16.3. The highest BCUT2D eigenvalue weighted by Crippen LogP contribution is 2.24. The Balaban J connectivity index is 2.12. The summed E-state index contributed by atoms with van der Waals surface area (Å²) in [5.41, 5.74) is 6.98. The van der Waals surface area contributed by atoms with Gasteiger partial charge in [-0.2, -0.15) is 9.97 Å². The largest absolute Gasteiger partial charge is 0.508 e. The minimum absolute atomic E-state index is 0.0710. The molecule has 0 unspecified atom stereocenters.